The van der Waals surface area contributed by atoms with Crippen LogP contribution in [0.5, 0.6) is 0 Å². The van der Waals surface area contributed by atoms with Crippen molar-refractivity contribution >= 4 is 33.0 Å². The average molecular weight is 552 g/mol. The summed E-state index contributed by atoms with van der Waals surface area (Å²) in [5.74, 6) is -0.995. The summed E-state index contributed by atoms with van der Waals surface area (Å²) in [5, 5.41) is 23.9. The summed E-state index contributed by atoms with van der Waals surface area (Å²) in [5.41, 5.74) is -2.97. The number of carboxylic acid groups (broad SMARTS) is 1. The molecule has 4 N–H and O–H groups in total. The Labute approximate surface area is 210 Å². The number of carbonyl (C=O) groups is 1. The molecule has 3 rings (SSSR count). The minimum absolute atomic E-state index is 0.0700. The lowest BCUT2D eigenvalue weighted by molar-refractivity contribution is -0.258. The molecule has 0 aliphatic carbocycles. The van der Waals surface area contributed by atoms with Gasteiger partial charge >= 0.3 is 12.1 Å². The van der Waals surface area contributed by atoms with Crippen molar-refractivity contribution in [3.05, 3.63) is 47.3 Å². The maximum atomic E-state index is 13.2. The van der Waals surface area contributed by atoms with Crippen LogP contribution < -0.4 is 10.0 Å². The average Bonchev–Trinajstić information content (AvgIpc) is 3.34. The summed E-state index contributed by atoms with van der Waals surface area (Å²) in [6.45, 7) is 1.86. The van der Waals surface area contributed by atoms with Gasteiger partial charge in [0.1, 0.15) is 4.21 Å². The lowest BCUT2D eigenvalue weighted by Crippen LogP contribution is -2.52. The fraction of sp³-hybridized carbons (Fsp3) is 0.500. The van der Waals surface area contributed by atoms with Crippen LogP contribution >= 0.6 is 11.3 Å². The number of hydrogen-bond acceptors (Lipinski definition) is 8. The highest BCUT2D eigenvalue weighted by atomic mass is 32.2. The van der Waals surface area contributed by atoms with Crippen LogP contribution in [0, 0.1) is 0 Å². The Hall–Kier alpha value is -2.23. The molecule has 9 nitrogen and oxygen atoms in total. The zero-order chi connectivity index (χ0) is 26.6. The van der Waals surface area contributed by atoms with Gasteiger partial charge in [-0.3, -0.25) is 9.69 Å². The number of alkyl halides is 3. The highest BCUT2D eigenvalue weighted by Crippen LogP contribution is 2.38. The number of hydrogen-bond donors (Lipinski definition) is 4. The fourth-order valence-electron chi connectivity index (χ4n) is 3.75. The Kier molecular flexibility index (Phi) is 9.01. The van der Waals surface area contributed by atoms with E-state index in [4.69, 9.17) is 4.74 Å². The Morgan fingerprint density at radius 2 is 1.97 bits per heavy atom. The van der Waals surface area contributed by atoms with E-state index < -0.39 is 39.9 Å². The largest absolute Gasteiger partial charge is 0.481 e. The molecule has 0 radical (unpaired) electrons. The fourth-order valence-corrected chi connectivity index (χ4v) is 5.87. The first kappa shape index (κ1) is 28.3. The third-order valence-electron chi connectivity index (χ3n) is 5.86. The molecule has 0 spiro atoms. The van der Waals surface area contributed by atoms with Crippen molar-refractivity contribution in [3.8, 4) is 0 Å². The van der Waals surface area contributed by atoms with Gasteiger partial charge in [0.25, 0.3) is 0 Å². The van der Waals surface area contributed by atoms with E-state index in [-0.39, 0.29) is 35.9 Å². The smallest absolute Gasteiger partial charge is 0.421 e. The number of rotatable bonds is 11. The Morgan fingerprint density at radius 1 is 1.28 bits per heavy atom. The first-order chi connectivity index (χ1) is 16.8. The number of morpholine rings is 1. The molecule has 2 heterocycles. The molecule has 3 atom stereocenters. The van der Waals surface area contributed by atoms with Crippen molar-refractivity contribution in [2.24, 2.45) is 0 Å². The van der Waals surface area contributed by atoms with Crippen LogP contribution in [0.25, 0.3) is 0 Å². The molecule has 0 saturated carbocycles. The predicted octanol–water partition coefficient (Wildman–Crippen LogP) is 2.45. The van der Waals surface area contributed by atoms with Crippen molar-refractivity contribution in [1.82, 2.24) is 9.62 Å². The predicted molar refractivity (Wildman–Crippen MR) is 127 cm³/mol. The normalized spacial score (nSPS) is 20.0. The van der Waals surface area contributed by atoms with Gasteiger partial charge in [0, 0.05) is 31.4 Å². The molecule has 36 heavy (non-hydrogen) atoms. The van der Waals surface area contributed by atoms with E-state index in [9.17, 15) is 36.6 Å². The third kappa shape index (κ3) is 7.17. The van der Waals surface area contributed by atoms with E-state index in [0.29, 0.717) is 25.8 Å². The molecule has 0 amide bonds. The Balaban J connectivity index is 1.78. The number of aliphatic hydroxyl groups is 1. The first-order valence-electron chi connectivity index (χ1n) is 11.0. The van der Waals surface area contributed by atoms with E-state index in [2.05, 4.69) is 10.0 Å². The summed E-state index contributed by atoms with van der Waals surface area (Å²) in [4.78, 5) is 13.2. The van der Waals surface area contributed by atoms with Gasteiger partial charge in [-0.2, -0.15) is 13.2 Å². The molecule has 3 unspecified atom stereocenters. The number of aliphatic carboxylic acids is 1. The number of carboxylic acids is 1. The van der Waals surface area contributed by atoms with Gasteiger partial charge in [0.05, 0.1) is 25.7 Å². The van der Waals surface area contributed by atoms with Gasteiger partial charge in [0.15, 0.2) is 5.60 Å². The second kappa shape index (κ2) is 11.4. The van der Waals surface area contributed by atoms with Crippen molar-refractivity contribution in [2.45, 2.75) is 41.4 Å². The Morgan fingerprint density at radius 3 is 2.56 bits per heavy atom. The highest BCUT2D eigenvalue weighted by molar-refractivity contribution is 7.91. The zero-order valence-electron chi connectivity index (χ0n) is 19.4. The van der Waals surface area contributed by atoms with Crippen LogP contribution in [0.15, 0.2) is 46.0 Å². The van der Waals surface area contributed by atoms with Crippen molar-refractivity contribution in [1.29, 1.82) is 0 Å². The van der Waals surface area contributed by atoms with Gasteiger partial charge in [-0.1, -0.05) is 18.2 Å². The second-order valence-corrected chi connectivity index (χ2v) is 11.5. The van der Waals surface area contributed by atoms with E-state index in [1.165, 1.54) is 18.2 Å². The van der Waals surface area contributed by atoms with Crippen LogP contribution in [0.3, 0.4) is 0 Å². The Bertz CT molecular complexity index is 1110. The van der Waals surface area contributed by atoms with Crippen LogP contribution in [0.4, 0.5) is 18.9 Å². The van der Waals surface area contributed by atoms with Gasteiger partial charge in [-0.05, 0) is 36.1 Å². The molecule has 200 valence electrons. The number of halogens is 3. The number of anilines is 1. The summed E-state index contributed by atoms with van der Waals surface area (Å²) in [7, 11) is -3.79. The van der Waals surface area contributed by atoms with E-state index in [1.807, 2.05) is 4.90 Å². The topological polar surface area (TPSA) is 128 Å². The molecule has 1 aliphatic heterocycles. The molecule has 1 aromatic heterocycles. The molecular weight excluding hydrogens is 523 g/mol. The molecule has 1 fully saturated rings. The lowest BCUT2D eigenvalue weighted by Gasteiger charge is -2.37. The molecular formula is C22H28F3N3O6S2. The first-order valence-corrected chi connectivity index (χ1v) is 13.4. The minimum Gasteiger partial charge on any atom is -0.481 e. The number of nitrogens with one attached hydrogen (secondary N) is 2. The van der Waals surface area contributed by atoms with Crippen molar-refractivity contribution < 1.29 is 41.3 Å². The van der Waals surface area contributed by atoms with Crippen LogP contribution in [-0.4, -0.2) is 80.6 Å². The van der Waals surface area contributed by atoms with Crippen molar-refractivity contribution in [2.75, 3.05) is 38.2 Å². The molecule has 14 heteroatoms. The number of ether oxygens (including phenoxy) is 1. The molecule has 1 aliphatic rings. The number of thiophene rings is 1. The summed E-state index contributed by atoms with van der Waals surface area (Å²) in [6.07, 6.45) is -5.02. The quantitative estimate of drug-likeness (QED) is 0.335. The van der Waals surface area contributed by atoms with Gasteiger partial charge < -0.3 is 20.3 Å². The van der Waals surface area contributed by atoms with Crippen LogP contribution in [0.1, 0.15) is 18.9 Å². The number of sulfonamides is 1. The highest BCUT2D eigenvalue weighted by Gasteiger charge is 2.51. The van der Waals surface area contributed by atoms with Gasteiger partial charge in [-0.25, -0.2) is 13.1 Å². The van der Waals surface area contributed by atoms with E-state index in [1.54, 1.807) is 11.4 Å². The van der Waals surface area contributed by atoms with Crippen molar-refractivity contribution in [3.63, 3.8) is 0 Å². The maximum Gasteiger partial charge on any atom is 0.421 e. The monoisotopic (exact) mass is 551 g/mol. The van der Waals surface area contributed by atoms with Crippen LogP contribution in [0.2, 0.25) is 0 Å². The van der Waals surface area contributed by atoms with E-state index >= 15 is 0 Å². The zero-order valence-corrected chi connectivity index (χ0v) is 21.0. The van der Waals surface area contributed by atoms with Gasteiger partial charge in [-0.15, -0.1) is 11.3 Å². The molecule has 1 saturated heterocycles. The number of benzene rings is 1. The molecule has 2 aromatic rings. The molecule has 0 bridgehead atoms. The maximum absolute atomic E-state index is 13.2. The summed E-state index contributed by atoms with van der Waals surface area (Å²) in [6, 6.07) is 7.11. The minimum atomic E-state index is -4.86. The van der Waals surface area contributed by atoms with Gasteiger partial charge in [0.2, 0.25) is 10.0 Å². The third-order valence-corrected chi connectivity index (χ3v) is 8.69. The SMILES string of the molecule is CC(O)(c1ccc(NC(CNS(=O)(=O)c2cccs2)CN2CCOCC2CC(=O)O)cc1)C(F)(F)F. The summed E-state index contributed by atoms with van der Waals surface area (Å²) < 4.78 is 72.8. The molecule has 1 aromatic carbocycles. The number of nitrogens with zero attached hydrogens (tertiary/aromatic N) is 1. The van der Waals surface area contributed by atoms with Crippen LogP contribution in [-0.2, 0) is 25.2 Å². The second-order valence-electron chi connectivity index (χ2n) is 8.59. The lowest BCUT2D eigenvalue weighted by atomic mass is 9.95. The standard InChI is InChI=1S/C22H28F3N3O6S2/c1-21(31,22(23,24)25)15-4-6-16(7-5-15)27-17(12-26-36(32,33)20-3-2-10-35-20)13-28-8-9-34-14-18(28)11-19(29)30/h2-7,10,17-18,26-27,31H,8-9,11-14H2,1H3,(H,29,30). The van der Waals surface area contributed by atoms with E-state index in [0.717, 1.165) is 23.5 Å². The summed E-state index contributed by atoms with van der Waals surface area (Å²) >= 11 is 1.06.